The van der Waals surface area contributed by atoms with Gasteiger partial charge in [-0.05, 0) is 24.1 Å². The molecule has 1 unspecified atom stereocenters. The highest BCUT2D eigenvalue weighted by Gasteiger charge is 2.25. The smallest absolute Gasteiger partial charge is 0.229 e. The van der Waals surface area contributed by atoms with Crippen LogP contribution in [0, 0.1) is 6.92 Å². The topological polar surface area (TPSA) is 66.9 Å². The molecule has 0 aliphatic carbocycles. The molecule has 2 N–H and O–H groups in total. The number of carbonyl (C=O) groups excluding carboxylic acids is 1. The fraction of sp³-hybridized carbons (Fsp3) is 0.312. The maximum atomic E-state index is 12.4. The van der Waals surface area contributed by atoms with Gasteiger partial charge in [0.05, 0.1) is 18.2 Å². The first kappa shape index (κ1) is 13.7. The van der Waals surface area contributed by atoms with Gasteiger partial charge in [-0.3, -0.25) is 4.79 Å². The highest BCUT2D eigenvalue weighted by atomic mass is 16.1. The van der Waals surface area contributed by atoms with Crippen LogP contribution in [0.4, 0.5) is 0 Å². The molecule has 1 aromatic heterocycles. The molecule has 0 saturated heterocycles. The van der Waals surface area contributed by atoms with Gasteiger partial charge in [-0.15, -0.1) is 0 Å². The molecule has 5 heteroatoms. The summed E-state index contributed by atoms with van der Waals surface area (Å²) in [5.74, 6) is 0.607. The van der Waals surface area contributed by atoms with Crippen molar-refractivity contribution >= 4 is 5.91 Å². The lowest BCUT2D eigenvalue weighted by molar-refractivity contribution is -0.122. The summed E-state index contributed by atoms with van der Waals surface area (Å²) in [4.78, 5) is 20.8. The molecule has 2 heterocycles. The lowest BCUT2D eigenvalue weighted by Gasteiger charge is -2.25. The predicted octanol–water partition coefficient (Wildman–Crippen LogP) is 1.29. The van der Waals surface area contributed by atoms with Gasteiger partial charge in [-0.25, -0.2) is 9.97 Å². The van der Waals surface area contributed by atoms with Crippen LogP contribution in [-0.2, 0) is 17.9 Å². The lowest BCUT2D eigenvalue weighted by atomic mass is 9.90. The second-order valence-electron chi connectivity index (χ2n) is 5.20. The number of carbonyl (C=O) groups is 1. The third-order valence-corrected chi connectivity index (χ3v) is 3.69. The SMILES string of the molecule is Cc1nccc(CNC(=O)C2CNCc3ccccc32)n1. The molecule has 21 heavy (non-hydrogen) atoms. The zero-order valence-electron chi connectivity index (χ0n) is 12.0. The van der Waals surface area contributed by atoms with Gasteiger partial charge in [0.2, 0.25) is 5.91 Å². The molecule has 0 radical (unpaired) electrons. The zero-order chi connectivity index (χ0) is 14.7. The third kappa shape index (κ3) is 3.08. The Balaban J connectivity index is 1.69. The van der Waals surface area contributed by atoms with E-state index >= 15 is 0 Å². The summed E-state index contributed by atoms with van der Waals surface area (Å²) in [5, 5.41) is 6.26. The van der Waals surface area contributed by atoms with Crippen molar-refractivity contribution in [3.8, 4) is 0 Å². The van der Waals surface area contributed by atoms with E-state index < -0.39 is 0 Å². The van der Waals surface area contributed by atoms with E-state index in [9.17, 15) is 4.79 Å². The summed E-state index contributed by atoms with van der Waals surface area (Å²) in [6, 6.07) is 9.91. The minimum absolute atomic E-state index is 0.0333. The quantitative estimate of drug-likeness (QED) is 0.890. The minimum Gasteiger partial charge on any atom is -0.350 e. The van der Waals surface area contributed by atoms with Crippen molar-refractivity contribution in [1.29, 1.82) is 0 Å². The number of hydrogen-bond donors (Lipinski definition) is 2. The van der Waals surface area contributed by atoms with Crippen LogP contribution in [0.15, 0.2) is 36.5 Å². The van der Waals surface area contributed by atoms with Crippen LogP contribution >= 0.6 is 0 Å². The molecule has 5 nitrogen and oxygen atoms in total. The van der Waals surface area contributed by atoms with Crippen molar-refractivity contribution in [3.05, 3.63) is 59.2 Å². The molecule has 1 aromatic carbocycles. The Bertz CT molecular complexity index is 656. The third-order valence-electron chi connectivity index (χ3n) is 3.69. The van der Waals surface area contributed by atoms with Gasteiger partial charge in [0, 0.05) is 19.3 Å². The first-order valence-corrected chi connectivity index (χ1v) is 7.09. The van der Waals surface area contributed by atoms with E-state index in [1.807, 2.05) is 31.2 Å². The zero-order valence-corrected chi connectivity index (χ0v) is 12.0. The van der Waals surface area contributed by atoms with Crippen LogP contribution in [0.2, 0.25) is 0 Å². The summed E-state index contributed by atoms with van der Waals surface area (Å²) in [5.41, 5.74) is 3.14. The molecule has 1 aliphatic heterocycles. The Kier molecular flexibility index (Phi) is 3.92. The maximum Gasteiger partial charge on any atom is 0.229 e. The summed E-state index contributed by atoms with van der Waals surface area (Å²) in [6.07, 6.45) is 1.71. The summed E-state index contributed by atoms with van der Waals surface area (Å²) < 4.78 is 0. The molecule has 108 valence electrons. The average molecular weight is 282 g/mol. The van der Waals surface area contributed by atoms with Crippen LogP contribution < -0.4 is 10.6 Å². The molecule has 1 atom stereocenters. The maximum absolute atomic E-state index is 12.4. The number of fused-ring (bicyclic) bond motifs is 1. The number of aromatic nitrogens is 2. The fourth-order valence-electron chi connectivity index (χ4n) is 2.63. The number of hydrogen-bond acceptors (Lipinski definition) is 4. The van der Waals surface area contributed by atoms with Crippen LogP contribution in [-0.4, -0.2) is 22.4 Å². The molecule has 0 spiro atoms. The van der Waals surface area contributed by atoms with Crippen LogP contribution in [0.5, 0.6) is 0 Å². The van der Waals surface area contributed by atoms with Crippen molar-refractivity contribution in [2.45, 2.75) is 25.9 Å². The van der Waals surface area contributed by atoms with Gasteiger partial charge >= 0.3 is 0 Å². The minimum atomic E-state index is -0.141. The van der Waals surface area contributed by atoms with Gasteiger partial charge in [0.15, 0.2) is 0 Å². The van der Waals surface area contributed by atoms with Gasteiger partial charge in [0.25, 0.3) is 0 Å². The van der Waals surface area contributed by atoms with Gasteiger partial charge in [0.1, 0.15) is 5.82 Å². The highest BCUT2D eigenvalue weighted by molar-refractivity contribution is 5.84. The number of amides is 1. The van der Waals surface area contributed by atoms with E-state index in [-0.39, 0.29) is 11.8 Å². The summed E-state index contributed by atoms with van der Waals surface area (Å²) in [7, 11) is 0. The van der Waals surface area contributed by atoms with Crippen molar-refractivity contribution in [1.82, 2.24) is 20.6 Å². The molecule has 2 aromatic rings. The van der Waals surface area contributed by atoms with E-state index in [0.717, 1.165) is 17.8 Å². The predicted molar refractivity (Wildman–Crippen MR) is 79.5 cm³/mol. The molecule has 0 bridgehead atoms. The Hall–Kier alpha value is -2.27. The monoisotopic (exact) mass is 282 g/mol. The van der Waals surface area contributed by atoms with Crippen molar-refractivity contribution in [2.24, 2.45) is 0 Å². The lowest BCUT2D eigenvalue weighted by Crippen LogP contribution is -2.38. The number of rotatable bonds is 3. The highest BCUT2D eigenvalue weighted by Crippen LogP contribution is 2.23. The molecular weight excluding hydrogens is 264 g/mol. The average Bonchev–Trinajstić information content (AvgIpc) is 2.52. The Labute approximate surface area is 123 Å². The van der Waals surface area contributed by atoms with Crippen LogP contribution in [0.1, 0.15) is 28.6 Å². The van der Waals surface area contributed by atoms with E-state index in [0.29, 0.717) is 18.9 Å². The Morgan fingerprint density at radius 1 is 1.38 bits per heavy atom. The molecule has 1 aliphatic rings. The molecule has 3 rings (SSSR count). The normalized spacial score (nSPS) is 17.1. The number of nitrogens with one attached hydrogen (secondary N) is 2. The largest absolute Gasteiger partial charge is 0.350 e. The van der Waals surface area contributed by atoms with E-state index in [4.69, 9.17) is 0 Å². The van der Waals surface area contributed by atoms with Crippen molar-refractivity contribution in [2.75, 3.05) is 6.54 Å². The van der Waals surface area contributed by atoms with E-state index in [2.05, 4.69) is 26.7 Å². The Morgan fingerprint density at radius 2 is 2.24 bits per heavy atom. The van der Waals surface area contributed by atoms with Gasteiger partial charge < -0.3 is 10.6 Å². The molecule has 0 saturated carbocycles. The Morgan fingerprint density at radius 3 is 3.10 bits per heavy atom. The van der Waals surface area contributed by atoms with Gasteiger partial charge in [-0.2, -0.15) is 0 Å². The molecule has 1 amide bonds. The van der Waals surface area contributed by atoms with E-state index in [1.165, 1.54) is 5.56 Å². The molecule has 0 fully saturated rings. The van der Waals surface area contributed by atoms with E-state index in [1.54, 1.807) is 6.20 Å². The van der Waals surface area contributed by atoms with Crippen molar-refractivity contribution < 1.29 is 4.79 Å². The van der Waals surface area contributed by atoms with Gasteiger partial charge in [-0.1, -0.05) is 24.3 Å². The number of aryl methyl sites for hydroxylation is 1. The first-order chi connectivity index (χ1) is 10.2. The standard InChI is InChI=1S/C16H18N4O/c1-11-18-7-6-13(20-11)9-19-16(21)15-10-17-8-12-4-2-3-5-14(12)15/h2-7,15,17H,8-10H2,1H3,(H,19,21). The summed E-state index contributed by atoms with van der Waals surface area (Å²) in [6.45, 7) is 3.77. The number of benzene rings is 1. The second kappa shape index (κ2) is 6.01. The second-order valence-corrected chi connectivity index (χ2v) is 5.20. The number of nitrogens with zero attached hydrogens (tertiary/aromatic N) is 2. The van der Waals surface area contributed by atoms with Crippen molar-refractivity contribution in [3.63, 3.8) is 0 Å². The van der Waals surface area contributed by atoms with Crippen LogP contribution in [0.3, 0.4) is 0 Å². The molecular formula is C16H18N4O. The van der Waals surface area contributed by atoms with Crippen LogP contribution in [0.25, 0.3) is 0 Å². The first-order valence-electron chi connectivity index (χ1n) is 7.09. The fourth-order valence-corrected chi connectivity index (χ4v) is 2.63. The summed E-state index contributed by atoms with van der Waals surface area (Å²) >= 11 is 0.